The Hall–Kier alpha value is -2.85. The van der Waals surface area contributed by atoms with E-state index in [0.717, 1.165) is 58.5 Å². The standard InChI is InChI=1S/C25H27FN4O3S/c1-17-27-24-12-21(6-7-25(24)34-17)32-16-20(31)14-29-8-10-30(11-9-29)15-22-13-23(28-33-22)18-2-4-19(26)5-3-18/h2-7,12-13,20,31H,8-11,14-16H2,1H3. The molecule has 2 aromatic heterocycles. The Bertz CT molecular complexity index is 1230. The van der Waals surface area contributed by atoms with E-state index in [1.165, 1.54) is 12.1 Å². The maximum Gasteiger partial charge on any atom is 0.151 e. The number of nitrogens with zero attached hydrogens (tertiary/aromatic N) is 4. The van der Waals surface area contributed by atoms with Crippen molar-refractivity contribution in [2.24, 2.45) is 0 Å². The first-order valence-corrected chi connectivity index (χ1v) is 12.2. The van der Waals surface area contributed by atoms with E-state index in [0.29, 0.717) is 18.8 Å². The van der Waals surface area contributed by atoms with Crippen LogP contribution in [-0.4, -0.2) is 70.5 Å². The summed E-state index contributed by atoms with van der Waals surface area (Å²) in [6, 6.07) is 14.0. The van der Waals surface area contributed by atoms with Gasteiger partial charge < -0.3 is 14.4 Å². The van der Waals surface area contributed by atoms with E-state index in [2.05, 4.69) is 19.9 Å². The van der Waals surface area contributed by atoms with Crippen molar-refractivity contribution >= 4 is 21.6 Å². The molecule has 0 aliphatic carbocycles. The number of hydrogen-bond donors (Lipinski definition) is 1. The van der Waals surface area contributed by atoms with Crippen molar-refractivity contribution in [1.82, 2.24) is 19.9 Å². The van der Waals surface area contributed by atoms with Gasteiger partial charge >= 0.3 is 0 Å². The van der Waals surface area contributed by atoms with Crippen LogP contribution in [0.2, 0.25) is 0 Å². The van der Waals surface area contributed by atoms with E-state index in [4.69, 9.17) is 9.26 Å². The lowest BCUT2D eigenvalue weighted by molar-refractivity contribution is 0.0430. The fraction of sp³-hybridized carbons (Fsp3) is 0.360. The second-order valence-corrected chi connectivity index (χ2v) is 9.82. The fourth-order valence-corrected chi connectivity index (χ4v) is 4.96. The predicted octanol–water partition coefficient (Wildman–Crippen LogP) is 3.96. The van der Waals surface area contributed by atoms with Crippen LogP contribution in [0.25, 0.3) is 21.5 Å². The van der Waals surface area contributed by atoms with E-state index in [9.17, 15) is 9.50 Å². The van der Waals surface area contributed by atoms with Gasteiger partial charge in [0, 0.05) is 50.4 Å². The topological polar surface area (TPSA) is 74.9 Å². The van der Waals surface area contributed by atoms with E-state index in [-0.39, 0.29) is 12.4 Å². The number of aromatic nitrogens is 2. The lowest BCUT2D eigenvalue weighted by Crippen LogP contribution is -2.48. The molecule has 1 unspecified atom stereocenters. The van der Waals surface area contributed by atoms with Crippen LogP contribution in [0.15, 0.2) is 53.1 Å². The summed E-state index contributed by atoms with van der Waals surface area (Å²) in [5.74, 6) is 1.25. The average molecular weight is 483 g/mol. The minimum absolute atomic E-state index is 0.249. The molecule has 1 fully saturated rings. The number of halogens is 1. The lowest BCUT2D eigenvalue weighted by Gasteiger charge is -2.35. The van der Waals surface area contributed by atoms with Gasteiger partial charge in [-0.25, -0.2) is 9.37 Å². The quantitative estimate of drug-likeness (QED) is 0.408. The molecule has 2 aromatic carbocycles. The molecule has 7 nitrogen and oxygen atoms in total. The summed E-state index contributed by atoms with van der Waals surface area (Å²) < 4.78 is 25.6. The molecule has 0 spiro atoms. The van der Waals surface area contributed by atoms with Crippen LogP contribution >= 0.6 is 11.3 Å². The number of hydrogen-bond acceptors (Lipinski definition) is 8. The Morgan fingerprint density at radius 3 is 2.65 bits per heavy atom. The summed E-state index contributed by atoms with van der Waals surface area (Å²) in [5, 5.41) is 15.6. The molecular weight excluding hydrogens is 455 g/mol. The Balaban J connectivity index is 1.05. The molecule has 0 amide bonds. The number of fused-ring (bicyclic) bond motifs is 1. The average Bonchev–Trinajstić information content (AvgIpc) is 3.44. The number of aliphatic hydroxyl groups is 1. The Labute approximate surface area is 201 Å². The molecule has 178 valence electrons. The second kappa shape index (κ2) is 10.2. The van der Waals surface area contributed by atoms with Gasteiger partial charge in [-0.15, -0.1) is 11.3 Å². The SMILES string of the molecule is Cc1nc2cc(OCC(O)CN3CCN(Cc4cc(-c5ccc(F)cc5)no4)CC3)ccc2s1. The van der Waals surface area contributed by atoms with Crippen molar-refractivity contribution in [2.45, 2.75) is 19.6 Å². The van der Waals surface area contributed by atoms with Crippen LogP contribution in [0.3, 0.4) is 0 Å². The molecular formula is C25H27FN4O3S. The molecule has 0 bridgehead atoms. The van der Waals surface area contributed by atoms with Crippen molar-refractivity contribution in [1.29, 1.82) is 0 Å². The first kappa shape index (κ1) is 22.9. The molecule has 34 heavy (non-hydrogen) atoms. The maximum atomic E-state index is 13.1. The van der Waals surface area contributed by atoms with E-state index >= 15 is 0 Å². The highest BCUT2D eigenvalue weighted by Gasteiger charge is 2.21. The molecule has 1 saturated heterocycles. The van der Waals surface area contributed by atoms with Gasteiger partial charge in [0.15, 0.2) is 5.76 Å². The van der Waals surface area contributed by atoms with Crippen molar-refractivity contribution < 1.29 is 18.8 Å². The molecule has 1 N–H and O–H groups in total. The molecule has 1 aliphatic rings. The van der Waals surface area contributed by atoms with Gasteiger partial charge in [0.05, 0.1) is 21.8 Å². The van der Waals surface area contributed by atoms with Crippen molar-refractivity contribution in [2.75, 3.05) is 39.3 Å². The summed E-state index contributed by atoms with van der Waals surface area (Å²) in [7, 11) is 0. The Morgan fingerprint density at radius 1 is 1.09 bits per heavy atom. The Morgan fingerprint density at radius 2 is 1.85 bits per heavy atom. The van der Waals surface area contributed by atoms with E-state index in [1.807, 2.05) is 31.2 Å². The fourth-order valence-electron chi connectivity index (χ4n) is 4.15. The molecule has 5 rings (SSSR count). The summed E-state index contributed by atoms with van der Waals surface area (Å²) in [4.78, 5) is 9.05. The van der Waals surface area contributed by atoms with Gasteiger partial charge in [-0.3, -0.25) is 9.80 Å². The largest absolute Gasteiger partial charge is 0.491 e. The molecule has 3 heterocycles. The Kier molecular flexibility index (Phi) is 6.87. The zero-order chi connectivity index (χ0) is 23.5. The summed E-state index contributed by atoms with van der Waals surface area (Å²) in [6.07, 6.45) is -0.563. The number of benzene rings is 2. The van der Waals surface area contributed by atoms with Crippen LogP contribution in [-0.2, 0) is 6.54 Å². The van der Waals surface area contributed by atoms with Gasteiger partial charge in [-0.1, -0.05) is 5.16 Å². The number of aryl methyl sites for hydroxylation is 1. The van der Waals surface area contributed by atoms with Crippen LogP contribution in [0, 0.1) is 12.7 Å². The monoisotopic (exact) mass is 482 g/mol. The lowest BCUT2D eigenvalue weighted by atomic mass is 10.1. The summed E-state index contributed by atoms with van der Waals surface area (Å²) >= 11 is 1.66. The highest BCUT2D eigenvalue weighted by Crippen LogP contribution is 2.25. The highest BCUT2D eigenvalue weighted by molar-refractivity contribution is 7.18. The maximum absolute atomic E-state index is 13.1. The van der Waals surface area contributed by atoms with Crippen LogP contribution < -0.4 is 4.74 Å². The summed E-state index contributed by atoms with van der Waals surface area (Å²) in [6.45, 7) is 6.96. The smallest absolute Gasteiger partial charge is 0.151 e. The van der Waals surface area contributed by atoms with Crippen molar-refractivity contribution in [3.8, 4) is 17.0 Å². The van der Waals surface area contributed by atoms with Gasteiger partial charge in [-0.2, -0.15) is 0 Å². The minimum Gasteiger partial charge on any atom is -0.491 e. The normalized spacial score (nSPS) is 16.2. The molecule has 1 atom stereocenters. The van der Waals surface area contributed by atoms with E-state index < -0.39 is 6.10 Å². The summed E-state index contributed by atoms with van der Waals surface area (Å²) in [5.41, 5.74) is 2.47. The van der Waals surface area contributed by atoms with Crippen LogP contribution in [0.4, 0.5) is 4.39 Å². The number of aliphatic hydroxyl groups excluding tert-OH is 1. The zero-order valence-electron chi connectivity index (χ0n) is 19.0. The van der Waals surface area contributed by atoms with Crippen molar-refractivity contribution in [3.63, 3.8) is 0 Å². The number of rotatable bonds is 8. The minimum atomic E-state index is -0.563. The number of thiazole rings is 1. The second-order valence-electron chi connectivity index (χ2n) is 8.59. The van der Waals surface area contributed by atoms with Crippen molar-refractivity contribution in [3.05, 3.63) is 65.1 Å². The van der Waals surface area contributed by atoms with Gasteiger partial charge in [0.1, 0.15) is 30.0 Å². The zero-order valence-corrected chi connectivity index (χ0v) is 19.8. The van der Waals surface area contributed by atoms with Gasteiger partial charge in [0.25, 0.3) is 0 Å². The first-order chi connectivity index (χ1) is 16.5. The molecule has 0 saturated carbocycles. The third-order valence-corrected chi connectivity index (χ3v) is 6.87. The van der Waals surface area contributed by atoms with E-state index in [1.54, 1.807) is 23.5 Å². The molecule has 9 heteroatoms. The molecule has 4 aromatic rings. The number of piperazine rings is 1. The number of β-amino-alcohol motifs (C(OH)–C–C–N with tert-alkyl or cyclic N) is 1. The highest BCUT2D eigenvalue weighted by atomic mass is 32.1. The van der Waals surface area contributed by atoms with Crippen LogP contribution in [0.5, 0.6) is 5.75 Å². The number of ether oxygens (including phenoxy) is 1. The third kappa shape index (κ3) is 5.61. The van der Waals surface area contributed by atoms with Gasteiger partial charge in [-0.05, 0) is 43.3 Å². The molecule has 0 radical (unpaired) electrons. The third-order valence-electron chi connectivity index (χ3n) is 5.92. The first-order valence-electron chi connectivity index (χ1n) is 11.4. The molecule has 1 aliphatic heterocycles. The van der Waals surface area contributed by atoms with Gasteiger partial charge in [0.2, 0.25) is 0 Å². The van der Waals surface area contributed by atoms with Crippen LogP contribution in [0.1, 0.15) is 10.8 Å². The predicted molar refractivity (Wildman–Crippen MR) is 129 cm³/mol.